The third kappa shape index (κ3) is 4.34. The molecule has 3 rings (SSSR count). The lowest BCUT2D eigenvalue weighted by Gasteiger charge is -2.46. The second-order valence-electron chi connectivity index (χ2n) is 7.83. The summed E-state index contributed by atoms with van der Waals surface area (Å²) in [7, 11) is 0. The molecule has 0 bridgehead atoms. The molecule has 1 unspecified atom stereocenters. The zero-order valence-corrected chi connectivity index (χ0v) is 16.4. The number of rotatable bonds is 1. The molecule has 27 heavy (non-hydrogen) atoms. The van der Waals surface area contributed by atoms with Gasteiger partial charge in [-0.05, 0) is 26.8 Å². The number of fused-ring (bicyclic) bond motifs is 1. The molecule has 2 aliphatic heterocycles. The van der Waals surface area contributed by atoms with Crippen LogP contribution >= 0.6 is 11.6 Å². The van der Waals surface area contributed by atoms with E-state index in [1.807, 2.05) is 20.8 Å². The second kappa shape index (κ2) is 7.63. The van der Waals surface area contributed by atoms with E-state index in [1.165, 1.54) is 6.07 Å². The first kappa shape index (κ1) is 19.9. The van der Waals surface area contributed by atoms with Gasteiger partial charge in [0.1, 0.15) is 23.1 Å². The van der Waals surface area contributed by atoms with Gasteiger partial charge in [0.15, 0.2) is 0 Å². The fourth-order valence-electron chi connectivity index (χ4n) is 3.38. The number of hydrogen-bond donors (Lipinski definition) is 0. The SMILES string of the molecule is CC(C)(C)OC(=O)N1CCN2C[C@@H](c3ccc(F)c(C#N)c3Cl)OCC2C1. The van der Waals surface area contributed by atoms with Crippen molar-refractivity contribution in [3.63, 3.8) is 0 Å². The minimum atomic E-state index is -0.633. The molecule has 2 atom stereocenters. The van der Waals surface area contributed by atoms with Gasteiger partial charge in [-0.3, -0.25) is 4.90 Å². The highest BCUT2D eigenvalue weighted by molar-refractivity contribution is 6.32. The molecule has 2 heterocycles. The summed E-state index contributed by atoms with van der Waals surface area (Å²) in [6.07, 6.45) is -0.654. The van der Waals surface area contributed by atoms with E-state index >= 15 is 0 Å². The molecule has 0 aromatic heterocycles. The number of morpholine rings is 1. The molecule has 0 aliphatic carbocycles. The second-order valence-corrected chi connectivity index (χ2v) is 8.21. The van der Waals surface area contributed by atoms with Crippen molar-refractivity contribution in [2.24, 2.45) is 0 Å². The predicted octanol–water partition coefficient (Wildman–Crippen LogP) is 3.34. The molecule has 146 valence electrons. The Morgan fingerprint density at radius 2 is 2.11 bits per heavy atom. The average Bonchev–Trinajstić information content (AvgIpc) is 2.60. The average molecular weight is 396 g/mol. The van der Waals surface area contributed by atoms with Crippen LogP contribution < -0.4 is 0 Å². The van der Waals surface area contributed by atoms with Crippen LogP contribution in [0.2, 0.25) is 5.02 Å². The van der Waals surface area contributed by atoms with Crippen molar-refractivity contribution in [2.45, 2.75) is 38.5 Å². The Labute approximate surface area is 163 Å². The largest absolute Gasteiger partial charge is 0.444 e. The number of benzene rings is 1. The lowest BCUT2D eigenvalue weighted by molar-refractivity contribution is -0.0906. The van der Waals surface area contributed by atoms with E-state index in [0.717, 1.165) is 0 Å². The van der Waals surface area contributed by atoms with Crippen LogP contribution in [0.15, 0.2) is 12.1 Å². The Hall–Kier alpha value is -1.88. The van der Waals surface area contributed by atoms with Gasteiger partial charge in [0.05, 0.1) is 23.8 Å². The standard InChI is InChI=1S/C19H23ClFN3O3/c1-19(2,3)27-18(25)24-7-6-23-10-16(26-11-12(23)9-24)13-4-5-15(21)14(8-22)17(13)20/h4-5,12,16H,6-7,9-11H2,1-3H3/t12?,16-/m0/s1. The first-order chi connectivity index (χ1) is 12.7. The van der Waals surface area contributed by atoms with Gasteiger partial charge in [-0.25, -0.2) is 9.18 Å². The Morgan fingerprint density at radius 1 is 1.37 bits per heavy atom. The molecule has 1 aromatic rings. The fraction of sp³-hybridized carbons (Fsp3) is 0.579. The summed E-state index contributed by atoms with van der Waals surface area (Å²) in [5.41, 5.74) is -0.0718. The van der Waals surface area contributed by atoms with Crippen LogP contribution in [-0.4, -0.2) is 60.3 Å². The molecule has 2 aliphatic rings. The molecule has 0 radical (unpaired) electrons. The van der Waals surface area contributed by atoms with Crippen LogP contribution in [0, 0.1) is 17.1 Å². The summed E-state index contributed by atoms with van der Waals surface area (Å²) in [5.74, 6) is -0.633. The number of amides is 1. The number of carbonyl (C=O) groups is 1. The zero-order valence-electron chi connectivity index (χ0n) is 15.7. The van der Waals surface area contributed by atoms with Crippen molar-refractivity contribution >= 4 is 17.7 Å². The van der Waals surface area contributed by atoms with E-state index in [2.05, 4.69) is 4.90 Å². The molecule has 6 nitrogen and oxygen atoms in total. The maximum atomic E-state index is 13.7. The third-order valence-electron chi connectivity index (χ3n) is 4.73. The quantitative estimate of drug-likeness (QED) is 0.729. The number of hydrogen-bond acceptors (Lipinski definition) is 5. The van der Waals surface area contributed by atoms with Gasteiger partial charge in [-0.2, -0.15) is 5.26 Å². The van der Waals surface area contributed by atoms with Gasteiger partial charge < -0.3 is 14.4 Å². The van der Waals surface area contributed by atoms with Gasteiger partial charge in [-0.15, -0.1) is 0 Å². The van der Waals surface area contributed by atoms with E-state index in [1.54, 1.807) is 17.0 Å². The van der Waals surface area contributed by atoms with Crippen LogP contribution in [0.4, 0.5) is 9.18 Å². The Kier molecular flexibility index (Phi) is 5.61. The molecule has 8 heteroatoms. The molecular weight excluding hydrogens is 373 g/mol. The molecule has 1 amide bonds. The van der Waals surface area contributed by atoms with Gasteiger partial charge in [-0.1, -0.05) is 17.7 Å². The highest BCUT2D eigenvalue weighted by Crippen LogP contribution is 2.34. The first-order valence-electron chi connectivity index (χ1n) is 8.91. The van der Waals surface area contributed by atoms with E-state index < -0.39 is 11.4 Å². The molecule has 2 fully saturated rings. The number of ether oxygens (including phenoxy) is 2. The fourth-order valence-corrected chi connectivity index (χ4v) is 3.70. The van der Waals surface area contributed by atoms with Crippen molar-refractivity contribution < 1.29 is 18.7 Å². The third-order valence-corrected chi connectivity index (χ3v) is 5.13. The lowest BCUT2D eigenvalue weighted by atomic mass is 10.0. The molecule has 0 N–H and O–H groups in total. The van der Waals surface area contributed by atoms with E-state index in [9.17, 15) is 9.18 Å². The highest BCUT2D eigenvalue weighted by atomic mass is 35.5. The van der Waals surface area contributed by atoms with E-state index in [4.69, 9.17) is 26.3 Å². The van der Waals surface area contributed by atoms with Crippen molar-refractivity contribution in [3.05, 3.63) is 34.1 Å². The minimum absolute atomic E-state index is 0.0668. The molecule has 0 spiro atoms. The molecular formula is C19H23ClFN3O3. The van der Waals surface area contributed by atoms with Crippen LogP contribution in [0.5, 0.6) is 0 Å². The van der Waals surface area contributed by atoms with Crippen molar-refractivity contribution in [3.8, 4) is 6.07 Å². The van der Waals surface area contributed by atoms with E-state index in [0.29, 0.717) is 38.3 Å². The molecule has 2 saturated heterocycles. The van der Waals surface area contributed by atoms with Gasteiger partial charge in [0, 0.05) is 31.7 Å². The van der Waals surface area contributed by atoms with Gasteiger partial charge in [0.25, 0.3) is 0 Å². The number of nitriles is 1. The summed E-state index contributed by atoms with van der Waals surface area (Å²) in [4.78, 5) is 16.2. The van der Waals surface area contributed by atoms with Crippen molar-refractivity contribution in [1.82, 2.24) is 9.80 Å². The van der Waals surface area contributed by atoms with Crippen molar-refractivity contribution in [1.29, 1.82) is 5.26 Å². The summed E-state index contributed by atoms with van der Waals surface area (Å²) in [5, 5.41) is 9.20. The van der Waals surface area contributed by atoms with Crippen LogP contribution in [-0.2, 0) is 9.47 Å². The van der Waals surface area contributed by atoms with Crippen LogP contribution in [0.25, 0.3) is 0 Å². The molecule has 1 aromatic carbocycles. The number of halogens is 2. The predicted molar refractivity (Wildman–Crippen MR) is 98.0 cm³/mol. The monoisotopic (exact) mass is 395 g/mol. The summed E-state index contributed by atoms with van der Waals surface area (Å²) in [6.45, 7) is 8.31. The highest BCUT2D eigenvalue weighted by Gasteiger charge is 2.37. The lowest BCUT2D eigenvalue weighted by Crippen LogP contribution is -2.60. The normalized spacial score (nSPS) is 23.5. The van der Waals surface area contributed by atoms with E-state index in [-0.39, 0.29) is 28.8 Å². The number of carbonyl (C=O) groups excluding carboxylic acids is 1. The number of piperazine rings is 1. The van der Waals surface area contributed by atoms with Gasteiger partial charge >= 0.3 is 6.09 Å². The minimum Gasteiger partial charge on any atom is -0.444 e. The van der Waals surface area contributed by atoms with Crippen molar-refractivity contribution in [2.75, 3.05) is 32.8 Å². The van der Waals surface area contributed by atoms with Gasteiger partial charge in [0.2, 0.25) is 0 Å². The Balaban J connectivity index is 1.67. The summed E-state index contributed by atoms with van der Waals surface area (Å²) < 4.78 is 25.1. The summed E-state index contributed by atoms with van der Waals surface area (Å²) >= 11 is 6.22. The maximum Gasteiger partial charge on any atom is 0.410 e. The van der Waals surface area contributed by atoms with Crippen LogP contribution in [0.1, 0.15) is 38.0 Å². The molecule has 0 saturated carbocycles. The van der Waals surface area contributed by atoms with Crippen LogP contribution in [0.3, 0.4) is 0 Å². The maximum absolute atomic E-state index is 13.7. The first-order valence-corrected chi connectivity index (χ1v) is 9.29. The summed E-state index contributed by atoms with van der Waals surface area (Å²) in [6, 6.07) is 4.68. The Bertz CT molecular complexity index is 775. The smallest absolute Gasteiger partial charge is 0.410 e. The Morgan fingerprint density at radius 3 is 2.78 bits per heavy atom. The zero-order chi connectivity index (χ0) is 19.8. The number of nitrogens with zero attached hydrogens (tertiary/aromatic N) is 3. The topological polar surface area (TPSA) is 65.8 Å².